The first kappa shape index (κ1) is 12.8. The Kier molecular flexibility index (Phi) is 5.24. The summed E-state index contributed by atoms with van der Waals surface area (Å²) in [6.07, 6.45) is 3.11. The topological polar surface area (TPSA) is 20.2 Å². The van der Waals surface area contributed by atoms with E-state index in [9.17, 15) is 5.11 Å². The van der Waals surface area contributed by atoms with E-state index < -0.39 is 9.39 Å². The normalized spacial score (nSPS) is 17.5. The van der Waals surface area contributed by atoms with Crippen LogP contribution in [0.25, 0.3) is 0 Å². The smallest absolute Gasteiger partial charge is 0.234 e. The SMILES string of the molecule is CCCCC(Cl)(CC)C(O)(Cl)Cl. The lowest BCUT2D eigenvalue weighted by Gasteiger charge is -2.33. The molecule has 0 bridgehead atoms. The number of aliphatic hydroxyl groups is 1. The van der Waals surface area contributed by atoms with Gasteiger partial charge in [0.05, 0.1) is 0 Å². The molecule has 0 aliphatic rings. The van der Waals surface area contributed by atoms with E-state index in [1.54, 1.807) is 0 Å². The van der Waals surface area contributed by atoms with E-state index in [2.05, 4.69) is 6.92 Å². The van der Waals surface area contributed by atoms with Crippen molar-refractivity contribution in [2.45, 2.75) is 48.9 Å². The molecule has 0 aliphatic heterocycles. The Balaban J connectivity index is 4.24. The molecule has 0 spiro atoms. The van der Waals surface area contributed by atoms with Crippen LogP contribution in [0.4, 0.5) is 0 Å². The lowest BCUT2D eigenvalue weighted by molar-refractivity contribution is 0.150. The van der Waals surface area contributed by atoms with Gasteiger partial charge in [-0.1, -0.05) is 49.9 Å². The van der Waals surface area contributed by atoms with Crippen molar-refractivity contribution in [1.29, 1.82) is 0 Å². The van der Waals surface area contributed by atoms with Crippen LogP contribution in [0.5, 0.6) is 0 Å². The van der Waals surface area contributed by atoms with E-state index in [0.717, 1.165) is 12.8 Å². The third-order valence-corrected chi connectivity index (χ3v) is 3.67. The van der Waals surface area contributed by atoms with E-state index in [-0.39, 0.29) is 0 Å². The van der Waals surface area contributed by atoms with E-state index in [1.165, 1.54) is 0 Å². The summed E-state index contributed by atoms with van der Waals surface area (Å²) in [6.45, 7) is 3.91. The molecule has 0 amide bonds. The molecule has 74 valence electrons. The quantitative estimate of drug-likeness (QED) is 0.718. The van der Waals surface area contributed by atoms with Gasteiger partial charge in [0, 0.05) is 0 Å². The van der Waals surface area contributed by atoms with Crippen LogP contribution >= 0.6 is 34.8 Å². The van der Waals surface area contributed by atoms with Gasteiger partial charge in [-0.2, -0.15) is 0 Å². The standard InChI is InChI=1S/C8H15Cl3O/c1-3-5-6-7(9,4-2)8(10,11)12/h12H,3-6H2,1-2H3. The first-order valence-electron chi connectivity index (χ1n) is 4.16. The Morgan fingerprint density at radius 2 is 1.67 bits per heavy atom. The van der Waals surface area contributed by atoms with E-state index in [4.69, 9.17) is 34.8 Å². The van der Waals surface area contributed by atoms with Gasteiger partial charge in [-0.25, -0.2) is 0 Å². The molecule has 1 nitrogen and oxygen atoms in total. The number of halogens is 3. The van der Waals surface area contributed by atoms with Gasteiger partial charge in [-0.15, -0.1) is 11.6 Å². The third-order valence-electron chi connectivity index (χ3n) is 2.03. The summed E-state index contributed by atoms with van der Waals surface area (Å²) in [5.74, 6) is 0. The molecule has 0 heterocycles. The van der Waals surface area contributed by atoms with Gasteiger partial charge in [0.1, 0.15) is 4.87 Å². The zero-order valence-corrected chi connectivity index (χ0v) is 9.68. The van der Waals surface area contributed by atoms with E-state index in [0.29, 0.717) is 12.8 Å². The molecule has 1 N–H and O–H groups in total. The predicted molar refractivity (Wildman–Crippen MR) is 55.1 cm³/mol. The van der Waals surface area contributed by atoms with Gasteiger partial charge in [-0.05, 0) is 12.8 Å². The molecule has 12 heavy (non-hydrogen) atoms. The van der Waals surface area contributed by atoms with Crippen LogP contribution in [-0.2, 0) is 0 Å². The van der Waals surface area contributed by atoms with Gasteiger partial charge in [0.2, 0.25) is 4.52 Å². The molecule has 0 rings (SSSR count). The maximum atomic E-state index is 9.36. The molecular formula is C8H15Cl3O. The van der Waals surface area contributed by atoms with Crippen molar-refractivity contribution in [3.05, 3.63) is 0 Å². The fourth-order valence-electron chi connectivity index (χ4n) is 0.997. The molecule has 1 atom stereocenters. The van der Waals surface area contributed by atoms with Crippen LogP contribution in [0.3, 0.4) is 0 Å². The van der Waals surface area contributed by atoms with Crippen LogP contribution in [0.15, 0.2) is 0 Å². The zero-order chi connectivity index (χ0) is 9.83. The Bertz CT molecular complexity index is 133. The number of alkyl halides is 3. The maximum absolute atomic E-state index is 9.36. The van der Waals surface area contributed by atoms with Crippen LogP contribution in [0.2, 0.25) is 0 Å². The van der Waals surface area contributed by atoms with Crippen LogP contribution < -0.4 is 0 Å². The summed E-state index contributed by atoms with van der Waals surface area (Å²) >= 11 is 17.2. The minimum atomic E-state index is -1.83. The molecule has 0 aliphatic carbocycles. The highest BCUT2D eigenvalue weighted by molar-refractivity contribution is 6.52. The van der Waals surface area contributed by atoms with Crippen molar-refractivity contribution in [2.75, 3.05) is 0 Å². The van der Waals surface area contributed by atoms with Crippen molar-refractivity contribution in [3.8, 4) is 0 Å². The highest BCUT2D eigenvalue weighted by atomic mass is 35.5. The third kappa shape index (κ3) is 3.29. The van der Waals surface area contributed by atoms with Crippen LogP contribution in [-0.4, -0.2) is 14.5 Å². The Morgan fingerprint density at radius 1 is 1.17 bits per heavy atom. The predicted octanol–water partition coefficient (Wildman–Crippen LogP) is 3.69. The van der Waals surface area contributed by atoms with Crippen molar-refractivity contribution in [3.63, 3.8) is 0 Å². The molecule has 0 fully saturated rings. The molecule has 0 aromatic rings. The average molecular weight is 234 g/mol. The minimum Gasteiger partial charge on any atom is -0.361 e. The minimum absolute atomic E-state index is 0.554. The summed E-state index contributed by atoms with van der Waals surface area (Å²) in [5, 5.41) is 9.36. The molecule has 0 aromatic heterocycles. The molecule has 0 saturated heterocycles. The lowest BCUT2D eigenvalue weighted by Crippen LogP contribution is -2.40. The van der Waals surface area contributed by atoms with Gasteiger partial charge in [0.15, 0.2) is 0 Å². The number of hydrogen-bond acceptors (Lipinski definition) is 1. The van der Waals surface area contributed by atoms with E-state index >= 15 is 0 Å². The molecular weight excluding hydrogens is 218 g/mol. The fraction of sp³-hybridized carbons (Fsp3) is 1.00. The van der Waals surface area contributed by atoms with Crippen molar-refractivity contribution < 1.29 is 5.11 Å². The highest BCUT2D eigenvalue weighted by Crippen LogP contribution is 2.42. The Morgan fingerprint density at radius 3 is 1.92 bits per heavy atom. The Hall–Kier alpha value is 0.830. The Labute approximate surface area is 89.0 Å². The molecule has 1 unspecified atom stereocenters. The second-order valence-corrected chi connectivity index (χ2v) is 4.97. The largest absolute Gasteiger partial charge is 0.361 e. The van der Waals surface area contributed by atoms with E-state index in [1.807, 2.05) is 6.92 Å². The van der Waals surface area contributed by atoms with Crippen molar-refractivity contribution >= 4 is 34.8 Å². The molecule has 0 radical (unpaired) electrons. The summed E-state index contributed by atoms with van der Waals surface area (Å²) < 4.78 is -1.83. The number of unbranched alkanes of at least 4 members (excludes halogenated alkanes) is 1. The van der Waals surface area contributed by atoms with Gasteiger partial charge >= 0.3 is 0 Å². The van der Waals surface area contributed by atoms with Gasteiger partial charge < -0.3 is 5.11 Å². The first-order valence-corrected chi connectivity index (χ1v) is 5.30. The molecule has 4 heteroatoms. The van der Waals surface area contributed by atoms with Gasteiger partial charge in [-0.3, -0.25) is 0 Å². The average Bonchev–Trinajstić information content (AvgIpc) is 1.98. The summed E-state index contributed by atoms with van der Waals surface area (Å²) in [6, 6.07) is 0. The number of rotatable bonds is 5. The monoisotopic (exact) mass is 232 g/mol. The summed E-state index contributed by atoms with van der Waals surface area (Å²) in [7, 11) is 0. The van der Waals surface area contributed by atoms with Crippen molar-refractivity contribution in [1.82, 2.24) is 0 Å². The second-order valence-electron chi connectivity index (χ2n) is 2.96. The van der Waals surface area contributed by atoms with Crippen LogP contribution in [0, 0.1) is 0 Å². The number of hydrogen-bond donors (Lipinski definition) is 1. The summed E-state index contributed by atoms with van der Waals surface area (Å²) in [4.78, 5) is -0.911. The second kappa shape index (κ2) is 4.90. The highest BCUT2D eigenvalue weighted by Gasteiger charge is 2.44. The zero-order valence-electron chi connectivity index (χ0n) is 7.41. The van der Waals surface area contributed by atoms with Crippen LogP contribution in [0.1, 0.15) is 39.5 Å². The van der Waals surface area contributed by atoms with Crippen molar-refractivity contribution in [2.24, 2.45) is 0 Å². The van der Waals surface area contributed by atoms with Gasteiger partial charge in [0.25, 0.3) is 0 Å². The first-order chi connectivity index (χ1) is 5.37. The summed E-state index contributed by atoms with van der Waals surface area (Å²) in [5.41, 5.74) is 0. The molecule has 0 aromatic carbocycles. The fourth-order valence-corrected chi connectivity index (χ4v) is 1.59. The maximum Gasteiger partial charge on any atom is 0.234 e. The molecule has 0 saturated carbocycles. The lowest BCUT2D eigenvalue weighted by atomic mass is 9.99.